The van der Waals surface area contributed by atoms with Crippen molar-refractivity contribution in [1.82, 2.24) is 0 Å². The van der Waals surface area contributed by atoms with E-state index < -0.39 is 0 Å². The average molecular weight is 288 g/mol. The van der Waals surface area contributed by atoms with Gasteiger partial charge < -0.3 is 9.80 Å². The van der Waals surface area contributed by atoms with E-state index >= 15 is 0 Å². The van der Waals surface area contributed by atoms with Gasteiger partial charge in [-0.3, -0.25) is 0 Å². The summed E-state index contributed by atoms with van der Waals surface area (Å²) in [4.78, 5) is 3.77. The van der Waals surface area contributed by atoms with E-state index in [0.29, 0.717) is 0 Å². The molecule has 0 saturated carbocycles. The molecule has 0 aromatic heterocycles. The highest BCUT2D eigenvalue weighted by Gasteiger charge is 2.33. The smallest absolute Gasteiger partial charge is 0.0985 e. The molecule has 2 aliphatic heterocycles. The van der Waals surface area contributed by atoms with Crippen LogP contribution in [0.4, 0.5) is 0 Å². The Kier molecular flexibility index (Phi) is 5.32. The molecule has 2 saturated heterocycles. The first-order valence-corrected chi connectivity index (χ1v) is 9.06. The predicted octanol–water partition coefficient (Wildman–Crippen LogP) is 0.734. The van der Waals surface area contributed by atoms with Crippen molar-refractivity contribution in [3.8, 4) is 0 Å². The molecule has 21 heavy (non-hydrogen) atoms. The standard InChI is InChI=1S/C19H30N2/c1-17-7-5-6-13-21(17)19-11-15-20(16-12-19)14-10-18-8-3-2-4-9-18/h2-4,8-9,17,19H,5-7,10-16H2,1H3/p+2/t17-/m0/s1. The molecule has 1 aromatic carbocycles. The quantitative estimate of drug-likeness (QED) is 0.808. The zero-order chi connectivity index (χ0) is 14.5. The third kappa shape index (κ3) is 4.08. The minimum atomic E-state index is 0.912. The Hall–Kier alpha value is -0.860. The summed E-state index contributed by atoms with van der Waals surface area (Å²) in [7, 11) is 0. The second-order valence-electron chi connectivity index (χ2n) is 7.23. The van der Waals surface area contributed by atoms with E-state index in [-0.39, 0.29) is 0 Å². The molecule has 2 nitrogen and oxygen atoms in total. The maximum atomic E-state index is 2.48. The highest BCUT2D eigenvalue weighted by molar-refractivity contribution is 5.14. The van der Waals surface area contributed by atoms with Gasteiger partial charge in [0.05, 0.1) is 38.3 Å². The van der Waals surface area contributed by atoms with E-state index in [1.54, 1.807) is 0 Å². The molecular formula is C19H32N2+2. The summed E-state index contributed by atoms with van der Waals surface area (Å²) in [6.07, 6.45) is 8.52. The summed E-state index contributed by atoms with van der Waals surface area (Å²) in [6, 6.07) is 12.9. The molecule has 3 rings (SSSR count). The van der Waals surface area contributed by atoms with E-state index in [4.69, 9.17) is 0 Å². The van der Waals surface area contributed by atoms with Gasteiger partial charge in [-0.15, -0.1) is 0 Å². The van der Waals surface area contributed by atoms with Crippen LogP contribution in [-0.4, -0.2) is 38.3 Å². The molecule has 2 heterocycles. The maximum Gasteiger partial charge on any atom is 0.0985 e. The first-order chi connectivity index (χ1) is 10.3. The van der Waals surface area contributed by atoms with Crippen LogP contribution in [-0.2, 0) is 6.42 Å². The maximum absolute atomic E-state index is 2.48. The summed E-state index contributed by atoms with van der Waals surface area (Å²) >= 11 is 0. The molecule has 2 aliphatic rings. The topological polar surface area (TPSA) is 8.88 Å². The normalized spacial score (nSPS) is 33.8. The molecule has 2 heteroatoms. The van der Waals surface area contributed by atoms with E-state index in [9.17, 15) is 0 Å². The third-order valence-corrected chi connectivity index (χ3v) is 5.81. The van der Waals surface area contributed by atoms with Gasteiger partial charge in [0.1, 0.15) is 0 Å². The Morgan fingerprint density at radius 1 is 0.952 bits per heavy atom. The Labute approximate surface area is 130 Å². The molecule has 0 aliphatic carbocycles. The van der Waals surface area contributed by atoms with Crippen molar-refractivity contribution in [3.05, 3.63) is 35.9 Å². The Balaban J connectivity index is 1.42. The average Bonchev–Trinajstić information content (AvgIpc) is 2.55. The summed E-state index contributed by atoms with van der Waals surface area (Å²) in [5, 5.41) is 0. The van der Waals surface area contributed by atoms with Gasteiger partial charge in [0.15, 0.2) is 0 Å². The lowest BCUT2D eigenvalue weighted by Crippen LogP contribution is -3.23. The molecule has 2 N–H and O–H groups in total. The highest BCUT2D eigenvalue weighted by Crippen LogP contribution is 2.06. The molecule has 0 bridgehead atoms. The minimum Gasteiger partial charge on any atom is -0.334 e. The molecule has 0 amide bonds. The van der Waals surface area contributed by atoms with Crippen molar-refractivity contribution >= 4 is 0 Å². The van der Waals surface area contributed by atoms with E-state index in [0.717, 1.165) is 12.1 Å². The van der Waals surface area contributed by atoms with Crippen LogP contribution in [0, 0.1) is 0 Å². The number of benzene rings is 1. The van der Waals surface area contributed by atoms with Gasteiger partial charge >= 0.3 is 0 Å². The Morgan fingerprint density at radius 3 is 2.43 bits per heavy atom. The highest BCUT2D eigenvalue weighted by atomic mass is 15.2. The van der Waals surface area contributed by atoms with E-state index in [1.165, 1.54) is 70.3 Å². The Morgan fingerprint density at radius 2 is 1.71 bits per heavy atom. The van der Waals surface area contributed by atoms with E-state index in [2.05, 4.69) is 37.3 Å². The van der Waals surface area contributed by atoms with Gasteiger partial charge in [-0.25, -0.2) is 0 Å². The summed E-state index contributed by atoms with van der Waals surface area (Å²) < 4.78 is 0. The van der Waals surface area contributed by atoms with Crippen molar-refractivity contribution in [2.75, 3.05) is 26.2 Å². The molecule has 1 aromatic rings. The van der Waals surface area contributed by atoms with Crippen LogP contribution in [0.5, 0.6) is 0 Å². The largest absolute Gasteiger partial charge is 0.334 e. The number of likely N-dealkylation sites (tertiary alicyclic amines) is 2. The van der Waals surface area contributed by atoms with Crippen LogP contribution in [0.1, 0.15) is 44.6 Å². The van der Waals surface area contributed by atoms with Crippen LogP contribution >= 0.6 is 0 Å². The molecule has 116 valence electrons. The van der Waals surface area contributed by atoms with Crippen LogP contribution in [0.2, 0.25) is 0 Å². The lowest BCUT2D eigenvalue weighted by Gasteiger charge is -2.39. The van der Waals surface area contributed by atoms with Crippen LogP contribution in [0.3, 0.4) is 0 Å². The van der Waals surface area contributed by atoms with Crippen LogP contribution < -0.4 is 9.80 Å². The van der Waals surface area contributed by atoms with Crippen molar-refractivity contribution in [2.24, 2.45) is 0 Å². The first kappa shape index (κ1) is 15.1. The summed E-state index contributed by atoms with van der Waals surface area (Å²) in [5.74, 6) is 0. The number of hydrogen-bond donors (Lipinski definition) is 2. The van der Waals surface area contributed by atoms with Crippen LogP contribution in [0.15, 0.2) is 30.3 Å². The minimum absolute atomic E-state index is 0.912. The van der Waals surface area contributed by atoms with Gasteiger partial charge in [-0.05, 0) is 31.7 Å². The zero-order valence-electron chi connectivity index (χ0n) is 13.6. The van der Waals surface area contributed by atoms with Gasteiger partial charge in [0.25, 0.3) is 0 Å². The predicted molar refractivity (Wildman–Crippen MR) is 87.9 cm³/mol. The fraction of sp³-hybridized carbons (Fsp3) is 0.684. The van der Waals surface area contributed by atoms with Gasteiger partial charge in [-0.2, -0.15) is 0 Å². The Bertz CT molecular complexity index is 409. The number of hydrogen-bond acceptors (Lipinski definition) is 0. The lowest BCUT2D eigenvalue weighted by molar-refractivity contribution is -0.975. The van der Waals surface area contributed by atoms with Crippen molar-refractivity contribution in [1.29, 1.82) is 0 Å². The third-order valence-electron chi connectivity index (χ3n) is 5.81. The first-order valence-electron chi connectivity index (χ1n) is 9.06. The van der Waals surface area contributed by atoms with E-state index in [1.807, 2.05) is 9.80 Å². The fourth-order valence-corrected chi connectivity index (χ4v) is 4.43. The molecular weight excluding hydrogens is 256 g/mol. The van der Waals surface area contributed by atoms with Gasteiger partial charge in [0, 0.05) is 19.3 Å². The van der Waals surface area contributed by atoms with Crippen molar-refractivity contribution < 1.29 is 9.80 Å². The molecule has 2 fully saturated rings. The molecule has 2 atom stereocenters. The number of quaternary nitrogens is 2. The number of rotatable bonds is 4. The second kappa shape index (κ2) is 7.42. The molecule has 0 radical (unpaired) electrons. The second-order valence-corrected chi connectivity index (χ2v) is 7.23. The summed E-state index contributed by atoms with van der Waals surface area (Å²) in [6.45, 7) is 8.03. The van der Waals surface area contributed by atoms with Crippen molar-refractivity contribution in [2.45, 2.75) is 57.5 Å². The van der Waals surface area contributed by atoms with Crippen LogP contribution in [0.25, 0.3) is 0 Å². The number of piperidine rings is 2. The van der Waals surface area contributed by atoms with Crippen molar-refractivity contribution in [3.63, 3.8) is 0 Å². The fourth-order valence-electron chi connectivity index (χ4n) is 4.43. The SMILES string of the molecule is C[C@H]1CCCC[NH+]1C1CC[NH+](CCc2ccccc2)CC1. The summed E-state index contributed by atoms with van der Waals surface area (Å²) in [5.41, 5.74) is 1.50. The van der Waals surface area contributed by atoms with Gasteiger partial charge in [0.2, 0.25) is 0 Å². The zero-order valence-corrected chi connectivity index (χ0v) is 13.6. The number of nitrogens with one attached hydrogen (secondary N) is 2. The lowest BCUT2D eigenvalue weighted by atomic mass is 9.96. The van der Waals surface area contributed by atoms with Gasteiger partial charge in [-0.1, -0.05) is 30.3 Å². The monoisotopic (exact) mass is 288 g/mol. The molecule has 1 unspecified atom stereocenters. The molecule has 0 spiro atoms.